The highest BCUT2D eigenvalue weighted by molar-refractivity contribution is 7.88. The van der Waals surface area contributed by atoms with Crippen LogP contribution in [0.4, 0.5) is 0 Å². The minimum absolute atomic E-state index is 0.0234. The van der Waals surface area contributed by atoms with Gasteiger partial charge in [-0.15, -0.1) is 11.3 Å². The number of thiophene rings is 1. The minimum atomic E-state index is -3.78. The Morgan fingerprint density at radius 3 is 2.21 bits per heavy atom. The van der Waals surface area contributed by atoms with Crippen LogP contribution in [-0.2, 0) is 26.2 Å². The summed E-state index contributed by atoms with van der Waals surface area (Å²) < 4.78 is 27.6. The van der Waals surface area contributed by atoms with E-state index < -0.39 is 33.9 Å². The number of rotatable bonds is 10. The quantitative estimate of drug-likeness (QED) is 0.220. The van der Waals surface area contributed by atoms with Crippen LogP contribution in [0.3, 0.4) is 0 Å². The van der Waals surface area contributed by atoms with Gasteiger partial charge in [-0.1, -0.05) is 60.7 Å². The van der Waals surface area contributed by atoms with Crippen molar-refractivity contribution in [2.24, 2.45) is 5.73 Å². The zero-order chi connectivity index (χ0) is 28.2. The van der Waals surface area contributed by atoms with E-state index in [1.807, 2.05) is 67.6 Å². The molecule has 4 rings (SSSR count). The smallest absolute Gasteiger partial charge is 0.243 e. The Bertz CT molecular complexity index is 1400. The molecule has 206 valence electrons. The third-order valence-electron chi connectivity index (χ3n) is 6.79. The standard InChI is InChI=1S/C28H33N5O4S2/c1-18-22(26(29)30)16-21(38-18)17-31-27(34)23-14-9-15-33(23)28(35)25(32-39(2,36)37)24(19-10-5-3-6-11-19)20-12-7-4-8-13-20/h3-8,10-13,16,23-25,32H,9,14-15,17H2,1-2H3,(H3,29,30)(H,31,34). The van der Waals surface area contributed by atoms with Crippen molar-refractivity contribution in [3.05, 3.63) is 93.2 Å². The van der Waals surface area contributed by atoms with Gasteiger partial charge >= 0.3 is 0 Å². The van der Waals surface area contributed by atoms with Gasteiger partial charge in [0.1, 0.15) is 17.9 Å². The Kier molecular flexibility index (Phi) is 8.83. The van der Waals surface area contributed by atoms with E-state index in [0.717, 1.165) is 27.1 Å². The van der Waals surface area contributed by atoms with Crippen molar-refractivity contribution in [3.8, 4) is 0 Å². The number of nitrogens with one attached hydrogen (secondary N) is 3. The topological polar surface area (TPSA) is 145 Å². The summed E-state index contributed by atoms with van der Waals surface area (Å²) in [5.41, 5.74) is 7.84. The molecule has 1 aliphatic heterocycles. The zero-order valence-corrected chi connectivity index (χ0v) is 23.5. The van der Waals surface area contributed by atoms with Gasteiger partial charge in [0.05, 0.1) is 12.8 Å². The molecule has 5 N–H and O–H groups in total. The van der Waals surface area contributed by atoms with E-state index >= 15 is 0 Å². The first-order valence-corrected chi connectivity index (χ1v) is 15.3. The van der Waals surface area contributed by atoms with Gasteiger partial charge in [0.15, 0.2) is 0 Å². The second kappa shape index (κ2) is 12.1. The summed E-state index contributed by atoms with van der Waals surface area (Å²) >= 11 is 1.45. The van der Waals surface area contributed by atoms with Gasteiger partial charge < -0.3 is 16.0 Å². The van der Waals surface area contributed by atoms with Crippen molar-refractivity contribution in [1.29, 1.82) is 5.41 Å². The summed E-state index contributed by atoms with van der Waals surface area (Å²) in [4.78, 5) is 30.6. The van der Waals surface area contributed by atoms with Crippen molar-refractivity contribution in [2.75, 3.05) is 12.8 Å². The summed E-state index contributed by atoms with van der Waals surface area (Å²) in [5.74, 6) is -1.37. The first-order valence-electron chi connectivity index (χ1n) is 12.6. The Morgan fingerprint density at radius 1 is 1.10 bits per heavy atom. The molecular formula is C28H33N5O4S2. The fourth-order valence-electron chi connectivity index (χ4n) is 5.06. The highest BCUT2D eigenvalue weighted by Crippen LogP contribution is 2.31. The molecule has 0 spiro atoms. The molecule has 0 radical (unpaired) electrons. The van der Waals surface area contributed by atoms with E-state index in [1.54, 1.807) is 6.07 Å². The van der Waals surface area contributed by atoms with Crippen molar-refractivity contribution in [3.63, 3.8) is 0 Å². The van der Waals surface area contributed by atoms with Gasteiger partial charge in [-0.3, -0.25) is 15.0 Å². The summed E-state index contributed by atoms with van der Waals surface area (Å²) in [6, 6.07) is 18.5. The van der Waals surface area contributed by atoms with Crippen LogP contribution in [0.2, 0.25) is 0 Å². The Hall–Kier alpha value is -3.54. The monoisotopic (exact) mass is 567 g/mol. The number of likely N-dealkylation sites (tertiary alicyclic amines) is 1. The van der Waals surface area contributed by atoms with Gasteiger partial charge in [0, 0.05) is 27.8 Å². The van der Waals surface area contributed by atoms with E-state index in [0.29, 0.717) is 24.9 Å². The Balaban J connectivity index is 1.61. The van der Waals surface area contributed by atoms with Crippen LogP contribution in [0.5, 0.6) is 0 Å². The number of sulfonamides is 1. The maximum Gasteiger partial charge on any atom is 0.243 e. The largest absolute Gasteiger partial charge is 0.384 e. The van der Waals surface area contributed by atoms with Crippen molar-refractivity contribution >= 4 is 39.0 Å². The van der Waals surface area contributed by atoms with Gasteiger partial charge in [0.2, 0.25) is 21.8 Å². The van der Waals surface area contributed by atoms with Gasteiger partial charge in [-0.2, -0.15) is 0 Å². The molecule has 2 atom stereocenters. The number of amidine groups is 1. The number of amides is 2. The van der Waals surface area contributed by atoms with Crippen LogP contribution < -0.4 is 15.8 Å². The molecule has 1 aromatic heterocycles. The van der Waals surface area contributed by atoms with Crippen LogP contribution in [0.15, 0.2) is 66.7 Å². The molecule has 0 aliphatic carbocycles. The first-order chi connectivity index (χ1) is 18.5. The van der Waals surface area contributed by atoms with E-state index in [-0.39, 0.29) is 18.3 Å². The number of hydrogen-bond acceptors (Lipinski definition) is 6. The summed E-state index contributed by atoms with van der Waals surface area (Å²) in [6.45, 7) is 2.47. The number of nitrogens with zero attached hydrogens (tertiary/aromatic N) is 1. The second-order valence-corrected chi connectivity index (χ2v) is 12.8. The van der Waals surface area contributed by atoms with Crippen molar-refractivity contribution < 1.29 is 18.0 Å². The van der Waals surface area contributed by atoms with E-state index in [1.165, 1.54) is 16.2 Å². The number of hydrogen-bond donors (Lipinski definition) is 4. The lowest BCUT2D eigenvalue weighted by Gasteiger charge is -2.33. The lowest BCUT2D eigenvalue weighted by atomic mass is 9.84. The molecule has 2 unspecified atom stereocenters. The number of benzene rings is 2. The van der Waals surface area contributed by atoms with Crippen molar-refractivity contribution in [1.82, 2.24) is 14.9 Å². The molecule has 3 aromatic rings. The lowest BCUT2D eigenvalue weighted by Crippen LogP contribution is -2.55. The molecular weight excluding hydrogens is 534 g/mol. The number of nitrogens with two attached hydrogens (primary N) is 1. The van der Waals surface area contributed by atoms with E-state index in [9.17, 15) is 18.0 Å². The molecule has 0 saturated carbocycles. The molecule has 39 heavy (non-hydrogen) atoms. The molecule has 0 bridgehead atoms. The first kappa shape index (κ1) is 28.5. The fraction of sp³-hybridized carbons (Fsp3) is 0.321. The minimum Gasteiger partial charge on any atom is -0.384 e. The predicted molar refractivity (Wildman–Crippen MR) is 153 cm³/mol. The van der Waals surface area contributed by atoms with Crippen LogP contribution in [0.25, 0.3) is 0 Å². The van der Waals surface area contributed by atoms with Crippen LogP contribution in [0.1, 0.15) is 45.2 Å². The normalized spacial score (nSPS) is 16.3. The summed E-state index contributed by atoms with van der Waals surface area (Å²) in [5, 5.41) is 10.6. The second-order valence-electron chi connectivity index (χ2n) is 9.67. The molecule has 2 amide bonds. The van der Waals surface area contributed by atoms with Gasteiger partial charge in [0.25, 0.3) is 0 Å². The zero-order valence-electron chi connectivity index (χ0n) is 21.9. The predicted octanol–water partition coefficient (Wildman–Crippen LogP) is 2.70. The molecule has 2 aromatic carbocycles. The maximum absolute atomic E-state index is 14.1. The van der Waals surface area contributed by atoms with Crippen LogP contribution in [-0.4, -0.2) is 55.9 Å². The number of carbonyl (C=O) groups is 2. The van der Waals surface area contributed by atoms with Crippen LogP contribution in [0, 0.1) is 12.3 Å². The molecule has 1 saturated heterocycles. The lowest BCUT2D eigenvalue weighted by molar-refractivity contribution is -0.140. The van der Waals surface area contributed by atoms with Crippen LogP contribution >= 0.6 is 11.3 Å². The van der Waals surface area contributed by atoms with E-state index in [4.69, 9.17) is 11.1 Å². The average Bonchev–Trinajstić information content (AvgIpc) is 3.54. The maximum atomic E-state index is 14.1. The number of carbonyl (C=O) groups excluding carboxylic acids is 2. The molecule has 1 aliphatic rings. The van der Waals surface area contributed by atoms with Gasteiger partial charge in [-0.25, -0.2) is 13.1 Å². The average molecular weight is 568 g/mol. The summed E-state index contributed by atoms with van der Waals surface area (Å²) in [6.07, 6.45) is 2.14. The highest BCUT2D eigenvalue weighted by Gasteiger charge is 2.41. The molecule has 9 nitrogen and oxygen atoms in total. The Labute approximate surface area is 233 Å². The van der Waals surface area contributed by atoms with Crippen molar-refractivity contribution in [2.45, 2.75) is 44.3 Å². The Morgan fingerprint density at radius 2 is 1.69 bits per heavy atom. The fourth-order valence-corrected chi connectivity index (χ4v) is 6.75. The SMILES string of the molecule is Cc1sc(CNC(=O)C2CCCN2C(=O)C(NS(C)(=O)=O)C(c2ccccc2)c2ccccc2)cc1C(=N)N. The molecule has 2 heterocycles. The van der Waals surface area contributed by atoms with E-state index in [2.05, 4.69) is 10.0 Å². The molecule has 11 heteroatoms. The highest BCUT2D eigenvalue weighted by atomic mass is 32.2. The third kappa shape index (κ3) is 6.92. The summed E-state index contributed by atoms with van der Waals surface area (Å²) in [7, 11) is -3.78. The molecule has 1 fully saturated rings. The third-order valence-corrected chi connectivity index (χ3v) is 8.52. The number of nitrogen functional groups attached to an aromatic ring is 1. The number of aryl methyl sites for hydroxylation is 1. The van der Waals surface area contributed by atoms with Gasteiger partial charge in [-0.05, 0) is 37.0 Å².